The van der Waals surface area contributed by atoms with E-state index in [0.717, 1.165) is 11.6 Å². The summed E-state index contributed by atoms with van der Waals surface area (Å²) in [6, 6.07) is -0.0989. The fourth-order valence-corrected chi connectivity index (χ4v) is 2.38. The Morgan fingerprint density at radius 1 is 1.75 bits per heavy atom. The molecule has 0 saturated heterocycles. The van der Waals surface area contributed by atoms with Gasteiger partial charge in [-0.25, -0.2) is 4.98 Å². The van der Waals surface area contributed by atoms with E-state index < -0.39 is 0 Å². The standard InChI is InChI=1S/C11H17N3OS/c1-7(12)11-14-9(6-16-11)10(15)13-5-8-3-2-4-8/h6-8H,2-5,12H2,1H3,(H,13,15). The second kappa shape index (κ2) is 4.93. The van der Waals surface area contributed by atoms with Gasteiger partial charge in [0.15, 0.2) is 0 Å². The Bertz CT molecular complexity index is 371. The third kappa shape index (κ3) is 2.59. The summed E-state index contributed by atoms with van der Waals surface area (Å²) in [5.74, 6) is 0.602. The molecular weight excluding hydrogens is 222 g/mol. The summed E-state index contributed by atoms with van der Waals surface area (Å²) in [5, 5.41) is 5.50. The number of carbonyl (C=O) groups excluding carboxylic acids is 1. The predicted octanol–water partition coefficient (Wildman–Crippen LogP) is 1.69. The Morgan fingerprint density at radius 2 is 2.50 bits per heavy atom. The van der Waals surface area contributed by atoms with Gasteiger partial charge in [-0.2, -0.15) is 0 Å². The molecule has 16 heavy (non-hydrogen) atoms. The summed E-state index contributed by atoms with van der Waals surface area (Å²) < 4.78 is 0. The van der Waals surface area contributed by atoms with E-state index >= 15 is 0 Å². The Labute approximate surface area is 99.3 Å². The average molecular weight is 239 g/mol. The lowest BCUT2D eigenvalue weighted by Crippen LogP contribution is -2.32. The van der Waals surface area contributed by atoms with Crippen LogP contribution >= 0.6 is 11.3 Å². The van der Waals surface area contributed by atoms with Crippen LogP contribution in [0.3, 0.4) is 0 Å². The summed E-state index contributed by atoms with van der Waals surface area (Å²) in [6.07, 6.45) is 3.77. The molecule has 88 valence electrons. The van der Waals surface area contributed by atoms with Crippen LogP contribution < -0.4 is 11.1 Å². The summed E-state index contributed by atoms with van der Waals surface area (Å²) in [7, 11) is 0. The van der Waals surface area contributed by atoms with Crippen LogP contribution in [0, 0.1) is 5.92 Å². The molecule has 1 heterocycles. The Hall–Kier alpha value is -0.940. The van der Waals surface area contributed by atoms with E-state index in [-0.39, 0.29) is 11.9 Å². The summed E-state index contributed by atoms with van der Waals surface area (Å²) in [5.41, 5.74) is 6.19. The number of hydrogen-bond donors (Lipinski definition) is 2. The van der Waals surface area contributed by atoms with Crippen molar-refractivity contribution < 1.29 is 4.79 Å². The highest BCUT2D eigenvalue weighted by molar-refractivity contribution is 7.09. The van der Waals surface area contributed by atoms with Gasteiger partial charge in [0.25, 0.3) is 5.91 Å². The molecule has 1 unspecified atom stereocenters. The highest BCUT2D eigenvalue weighted by Crippen LogP contribution is 2.25. The molecule has 0 bridgehead atoms. The maximum Gasteiger partial charge on any atom is 0.270 e. The maximum atomic E-state index is 11.7. The summed E-state index contributed by atoms with van der Waals surface area (Å²) in [4.78, 5) is 15.9. The van der Waals surface area contributed by atoms with E-state index in [4.69, 9.17) is 5.73 Å². The van der Waals surface area contributed by atoms with Gasteiger partial charge < -0.3 is 11.1 Å². The van der Waals surface area contributed by atoms with Crippen LogP contribution in [0.4, 0.5) is 0 Å². The van der Waals surface area contributed by atoms with Gasteiger partial charge >= 0.3 is 0 Å². The average Bonchev–Trinajstić information content (AvgIpc) is 2.63. The van der Waals surface area contributed by atoms with Crippen LogP contribution in [0.5, 0.6) is 0 Å². The molecule has 0 spiro atoms. The number of rotatable bonds is 4. The zero-order valence-electron chi connectivity index (χ0n) is 9.40. The van der Waals surface area contributed by atoms with E-state index in [0.29, 0.717) is 11.6 Å². The molecule has 4 nitrogen and oxygen atoms in total. The number of carbonyl (C=O) groups is 1. The molecule has 1 aliphatic carbocycles. The molecule has 3 N–H and O–H groups in total. The second-order valence-electron chi connectivity index (χ2n) is 4.37. The van der Waals surface area contributed by atoms with Crippen molar-refractivity contribution in [2.45, 2.75) is 32.2 Å². The van der Waals surface area contributed by atoms with E-state index in [9.17, 15) is 4.79 Å². The minimum atomic E-state index is -0.0989. The first-order chi connectivity index (χ1) is 7.66. The van der Waals surface area contributed by atoms with Gasteiger partial charge in [-0.1, -0.05) is 6.42 Å². The molecule has 2 rings (SSSR count). The normalized spacial score (nSPS) is 17.9. The van der Waals surface area contributed by atoms with Crippen LogP contribution in [0.1, 0.15) is 47.7 Å². The van der Waals surface area contributed by atoms with Crippen molar-refractivity contribution >= 4 is 17.2 Å². The first-order valence-corrected chi connectivity index (χ1v) is 6.54. The molecule has 0 aliphatic heterocycles. The molecular formula is C11H17N3OS. The smallest absolute Gasteiger partial charge is 0.270 e. The lowest BCUT2D eigenvalue weighted by atomic mass is 9.85. The number of nitrogens with one attached hydrogen (secondary N) is 1. The van der Waals surface area contributed by atoms with Gasteiger partial charge in [0.2, 0.25) is 0 Å². The van der Waals surface area contributed by atoms with Crippen molar-refractivity contribution in [2.75, 3.05) is 6.54 Å². The molecule has 1 fully saturated rings. The highest BCUT2D eigenvalue weighted by atomic mass is 32.1. The van der Waals surface area contributed by atoms with Crippen molar-refractivity contribution in [3.8, 4) is 0 Å². The predicted molar refractivity (Wildman–Crippen MR) is 64.4 cm³/mol. The monoisotopic (exact) mass is 239 g/mol. The van der Waals surface area contributed by atoms with Crippen LogP contribution in [0.2, 0.25) is 0 Å². The number of amides is 1. The second-order valence-corrected chi connectivity index (χ2v) is 5.26. The third-order valence-electron chi connectivity index (χ3n) is 2.92. The van der Waals surface area contributed by atoms with Gasteiger partial charge in [-0.15, -0.1) is 11.3 Å². The first kappa shape index (κ1) is 11.5. The molecule has 1 amide bonds. The zero-order chi connectivity index (χ0) is 11.5. The van der Waals surface area contributed by atoms with E-state index in [2.05, 4.69) is 10.3 Å². The molecule has 5 heteroatoms. The number of thiazole rings is 1. The number of aromatic nitrogens is 1. The van der Waals surface area contributed by atoms with Crippen molar-refractivity contribution in [1.29, 1.82) is 0 Å². The van der Waals surface area contributed by atoms with Crippen LogP contribution in [-0.4, -0.2) is 17.4 Å². The van der Waals surface area contributed by atoms with Crippen molar-refractivity contribution in [3.63, 3.8) is 0 Å². The van der Waals surface area contributed by atoms with Crippen molar-refractivity contribution in [2.24, 2.45) is 11.7 Å². The quantitative estimate of drug-likeness (QED) is 0.840. The summed E-state index contributed by atoms with van der Waals surface area (Å²) in [6.45, 7) is 2.65. The zero-order valence-corrected chi connectivity index (χ0v) is 10.2. The molecule has 0 radical (unpaired) electrons. The first-order valence-electron chi connectivity index (χ1n) is 5.66. The number of nitrogens with two attached hydrogens (primary N) is 1. The molecule has 1 aliphatic rings. The lowest BCUT2D eigenvalue weighted by Gasteiger charge is -2.25. The largest absolute Gasteiger partial charge is 0.350 e. The molecule has 1 aromatic rings. The van der Waals surface area contributed by atoms with Gasteiger partial charge in [-0.05, 0) is 25.7 Å². The minimum absolute atomic E-state index is 0.0740. The number of nitrogens with zero attached hydrogens (tertiary/aromatic N) is 1. The van der Waals surface area contributed by atoms with Crippen molar-refractivity contribution in [3.05, 3.63) is 16.1 Å². The van der Waals surface area contributed by atoms with E-state index in [1.807, 2.05) is 6.92 Å². The maximum absolute atomic E-state index is 11.7. The van der Waals surface area contributed by atoms with Gasteiger partial charge in [0.1, 0.15) is 10.7 Å². The fraction of sp³-hybridized carbons (Fsp3) is 0.636. The summed E-state index contributed by atoms with van der Waals surface area (Å²) >= 11 is 1.44. The van der Waals surface area contributed by atoms with Crippen LogP contribution in [-0.2, 0) is 0 Å². The highest BCUT2D eigenvalue weighted by Gasteiger charge is 2.19. The van der Waals surface area contributed by atoms with Gasteiger partial charge in [0, 0.05) is 11.9 Å². The Morgan fingerprint density at radius 3 is 3.00 bits per heavy atom. The van der Waals surface area contributed by atoms with Gasteiger partial charge in [-0.3, -0.25) is 4.79 Å². The van der Waals surface area contributed by atoms with Crippen LogP contribution in [0.25, 0.3) is 0 Å². The Balaban J connectivity index is 1.87. The fourth-order valence-electron chi connectivity index (χ4n) is 1.63. The lowest BCUT2D eigenvalue weighted by molar-refractivity contribution is 0.0934. The SMILES string of the molecule is CC(N)c1nc(C(=O)NCC2CCC2)cs1. The minimum Gasteiger partial charge on any atom is -0.350 e. The molecule has 1 saturated carbocycles. The van der Waals surface area contributed by atoms with E-state index in [1.165, 1.54) is 30.6 Å². The molecule has 0 aromatic carbocycles. The van der Waals surface area contributed by atoms with Crippen LogP contribution in [0.15, 0.2) is 5.38 Å². The topological polar surface area (TPSA) is 68.0 Å². The molecule has 1 atom stereocenters. The number of hydrogen-bond acceptors (Lipinski definition) is 4. The molecule has 1 aromatic heterocycles. The van der Waals surface area contributed by atoms with E-state index in [1.54, 1.807) is 5.38 Å². The van der Waals surface area contributed by atoms with Crippen molar-refractivity contribution in [1.82, 2.24) is 10.3 Å². The van der Waals surface area contributed by atoms with Gasteiger partial charge in [0.05, 0.1) is 6.04 Å². The third-order valence-corrected chi connectivity index (χ3v) is 3.97. The Kier molecular flexibility index (Phi) is 3.56.